The Hall–Kier alpha value is 1.18. The van der Waals surface area contributed by atoms with Crippen molar-refractivity contribution in [2.45, 2.75) is 0 Å². The summed E-state index contributed by atoms with van der Waals surface area (Å²) in [6, 6.07) is 0. The zero-order chi connectivity index (χ0) is 15.1. The van der Waals surface area contributed by atoms with Crippen LogP contribution >= 0.6 is 25.3 Å². The van der Waals surface area contributed by atoms with Crippen LogP contribution in [0.25, 0.3) is 0 Å². The molecule has 21 heavy (non-hydrogen) atoms. The molecule has 0 aromatic heterocycles. The van der Waals surface area contributed by atoms with Crippen molar-refractivity contribution in [1.29, 1.82) is 0 Å². The predicted octanol–water partition coefficient (Wildman–Crippen LogP) is -1.52. The number of thiol groups is 2. The van der Waals surface area contributed by atoms with Gasteiger partial charge in [0, 0.05) is 0 Å². The van der Waals surface area contributed by atoms with Crippen molar-refractivity contribution in [3.8, 4) is 0 Å². The molecule has 0 aromatic rings. The molecule has 4 nitrogen and oxygen atoms in total. The monoisotopic (exact) mass is 419 g/mol. The van der Waals surface area contributed by atoms with Gasteiger partial charge in [0.2, 0.25) is 0 Å². The smallest absolute Gasteiger partial charge is 0.294 e. The van der Waals surface area contributed by atoms with Gasteiger partial charge in [0.05, 0.1) is 51.4 Å². The first-order valence-electron chi connectivity index (χ1n) is 6.82. The van der Waals surface area contributed by atoms with Gasteiger partial charge >= 0.3 is 25.8 Å². The standard InChI is InChI=1S/2C6H12N2S2.Cu/c2*1-7-2-4-8(5-3-7)6(9)10;/h2*2-5H2,1H3,(H,9,10);/q;;+2/p+4. The maximum absolute atomic E-state index is 4.21. The van der Waals surface area contributed by atoms with Gasteiger partial charge in [0.1, 0.15) is 0 Å². The number of rotatable bonds is 0. The minimum Gasteiger partial charge on any atom is -0.294 e. The second kappa shape index (κ2) is 11.7. The fourth-order valence-electron chi connectivity index (χ4n) is 2.04. The predicted molar refractivity (Wildman–Crippen MR) is 103 cm³/mol. The van der Waals surface area contributed by atoms with Crippen LogP contribution in [0.3, 0.4) is 0 Å². The van der Waals surface area contributed by atoms with Crippen LogP contribution in [0.4, 0.5) is 0 Å². The van der Waals surface area contributed by atoms with Crippen LogP contribution < -0.4 is 0 Å². The molecule has 0 saturated carbocycles. The maximum Gasteiger partial charge on any atom is 2.00 e. The van der Waals surface area contributed by atoms with Crippen molar-refractivity contribution in [2.24, 2.45) is 0 Å². The molecule has 2 heterocycles. The van der Waals surface area contributed by atoms with Crippen molar-refractivity contribution >= 4 is 59.3 Å². The average molecular weight is 420 g/mol. The molecule has 0 spiro atoms. The van der Waals surface area contributed by atoms with E-state index >= 15 is 0 Å². The Kier molecular flexibility index (Phi) is 12.3. The molecule has 2 aliphatic rings. The molecule has 2 rings (SSSR count). The molecule has 1 radical (unpaired) electrons. The third-order valence-electron chi connectivity index (χ3n) is 3.61. The van der Waals surface area contributed by atoms with Gasteiger partial charge in [-0.1, -0.05) is 0 Å². The molecule has 0 aliphatic carbocycles. The van der Waals surface area contributed by atoms with Gasteiger partial charge < -0.3 is 0 Å². The molecule has 0 aromatic carbocycles. The average Bonchev–Trinajstić information content (AvgIpc) is 2.40. The van der Waals surface area contributed by atoms with E-state index in [0.717, 1.165) is 61.1 Å². The third kappa shape index (κ3) is 9.15. The topological polar surface area (TPSA) is 12.5 Å². The zero-order valence-corrected chi connectivity index (χ0v) is 17.4. The third-order valence-corrected chi connectivity index (χ3v) is 4.80. The van der Waals surface area contributed by atoms with Gasteiger partial charge in [-0.25, -0.2) is 0 Å². The summed E-state index contributed by atoms with van der Waals surface area (Å²) >= 11 is 15.2. The molecule has 0 atom stereocenters. The number of nitrogens with zero attached hydrogens (tertiary/aromatic N) is 4. The first-order chi connectivity index (χ1) is 9.40. The minimum atomic E-state index is 0. The van der Waals surface area contributed by atoms with Crippen molar-refractivity contribution in [1.82, 2.24) is 9.80 Å². The first-order valence-corrected chi connectivity index (χ1v) is 8.71. The Bertz CT molecular complexity index is 325. The molecule has 0 unspecified atom stereocenters. The van der Waals surface area contributed by atoms with Gasteiger partial charge in [-0.3, -0.25) is 9.80 Å². The molecule has 2 fully saturated rings. The van der Waals surface area contributed by atoms with Crippen molar-refractivity contribution < 1.29 is 26.2 Å². The fraction of sp³-hybridized carbons (Fsp3) is 0.833. The van der Waals surface area contributed by atoms with Crippen LogP contribution in [-0.2, 0) is 42.3 Å². The quantitative estimate of drug-likeness (QED) is 0.163. The molecule has 2 saturated heterocycles. The van der Waals surface area contributed by atoms with Crippen LogP contribution in [0.2, 0.25) is 0 Å². The van der Waals surface area contributed by atoms with Crippen LogP contribution in [0.15, 0.2) is 0 Å². The molecule has 2 aliphatic heterocycles. The van der Waals surface area contributed by atoms with Crippen LogP contribution in [0.5, 0.6) is 0 Å². The second-order valence-electron chi connectivity index (χ2n) is 5.23. The molecule has 0 N–H and O–H groups in total. The van der Waals surface area contributed by atoms with E-state index < -0.39 is 0 Å². The fourth-order valence-corrected chi connectivity index (χ4v) is 2.88. The van der Waals surface area contributed by atoms with E-state index in [4.69, 9.17) is 0 Å². The Morgan fingerprint density at radius 2 is 1.00 bits per heavy atom. The Morgan fingerprint density at radius 3 is 1.19 bits per heavy atom. The van der Waals surface area contributed by atoms with Gasteiger partial charge in [-0.15, -0.1) is 0 Å². The Labute approximate surface area is 161 Å². The Morgan fingerprint density at radius 1 is 0.762 bits per heavy atom. The van der Waals surface area contributed by atoms with Crippen LogP contribution in [0, 0.1) is 0 Å². The second-order valence-corrected chi connectivity index (χ2v) is 7.86. The normalized spacial score (nSPS) is 20.3. The molecule has 125 valence electrons. The zero-order valence-electron chi connectivity index (χ0n) is 12.6. The van der Waals surface area contributed by atoms with E-state index in [1.807, 2.05) is 0 Å². The molecule has 0 amide bonds. The molecular weight excluding hydrogens is 392 g/mol. The summed E-state index contributed by atoms with van der Waals surface area (Å²) in [5.41, 5.74) is 0. The molecule has 9 heteroatoms. The summed E-state index contributed by atoms with van der Waals surface area (Å²) < 4.78 is 6.35. The van der Waals surface area contributed by atoms with E-state index in [1.165, 1.54) is 0 Å². The van der Waals surface area contributed by atoms with Crippen molar-refractivity contribution in [2.75, 3.05) is 66.5 Å². The van der Waals surface area contributed by atoms with Crippen molar-refractivity contribution in [3.05, 3.63) is 0 Å². The SMILES string of the molecule is CN1CC[N+](=C(S)[SH2+])CC1.CN1CC[N+](=C(S)[SH2+])CC1.[Cu+2]. The van der Waals surface area contributed by atoms with Crippen LogP contribution in [-0.4, -0.2) is 94.2 Å². The van der Waals surface area contributed by atoms with Gasteiger partial charge in [0.25, 0.3) is 0 Å². The maximum atomic E-state index is 4.21. The first kappa shape index (κ1) is 22.2. The summed E-state index contributed by atoms with van der Waals surface area (Å²) in [5, 5.41) is 0. The van der Waals surface area contributed by atoms with Crippen LogP contribution in [0.1, 0.15) is 0 Å². The van der Waals surface area contributed by atoms with Gasteiger partial charge in [-0.2, -0.15) is 9.15 Å². The van der Waals surface area contributed by atoms with E-state index in [2.05, 4.69) is 83.6 Å². The number of hydrogen-bond donors (Lipinski definition) is 2. The number of piperazine rings is 2. The minimum absolute atomic E-state index is 0. The van der Waals surface area contributed by atoms with E-state index in [-0.39, 0.29) is 17.1 Å². The summed E-state index contributed by atoms with van der Waals surface area (Å²) in [7, 11) is 4.28. The number of likely N-dealkylation sites (N-methyl/N-ethyl adjacent to an activating group) is 2. The summed E-state index contributed by atoms with van der Waals surface area (Å²) in [6.45, 7) is 8.86. The molecule has 0 bridgehead atoms. The van der Waals surface area contributed by atoms with E-state index in [0.29, 0.717) is 0 Å². The van der Waals surface area contributed by atoms with Crippen molar-refractivity contribution in [3.63, 3.8) is 0 Å². The van der Waals surface area contributed by atoms with Gasteiger partial charge in [-0.05, 0) is 39.4 Å². The summed E-state index contributed by atoms with van der Waals surface area (Å²) in [5.74, 6) is 0. The summed E-state index contributed by atoms with van der Waals surface area (Å²) in [4.78, 5) is 4.64. The van der Waals surface area contributed by atoms with E-state index in [9.17, 15) is 0 Å². The summed E-state index contributed by atoms with van der Waals surface area (Å²) in [6.07, 6.45) is 0. The Balaban J connectivity index is 0.000000364. The molecular formula is C12H28CuN4S4+6. The van der Waals surface area contributed by atoms with Gasteiger partial charge in [0.15, 0.2) is 26.2 Å². The van der Waals surface area contributed by atoms with E-state index in [1.54, 1.807) is 0 Å². The number of hydrogen-bond acceptors (Lipinski definition) is 2. The largest absolute Gasteiger partial charge is 2.00 e.